The van der Waals surface area contributed by atoms with Crippen LogP contribution in [0, 0.1) is 11.8 Å². The van der Waals surface area contributed by atoms with Crippen molar-refractivity contribution in [2.75, 3.05) is 11.9 Å². The molecule has 0 unspecified atom stereocenters. The number of anilines is 1. The Balaban J connectivity index is 1.84. The average molecular weight is 212 g/mol. The van der Waals surface area contributed by atoms with Gasteiger partial charge in [0.25, 0.3) is 0 Å². The van der Waals surface area contributed by atoms with E-state index in [1.807, 2.05) is 0 Å². The number of halogens is 1. The molecule has 4 heteroatoms. The minimum absolute atomic E-state index is 0.459. The summed E-state index contributed by atoms with van der Waals surface area (Å²) in [6.45, 7) is 3.21. The van der Waals surface area contributed by atoms with Gasteiger partial charge >= 0.3 is 0 Å². The first kappa shape index (κ1) is 9.71. The first-order chi connectivity index (χ1) is 6.81. The maximum Gasteiger partial charge on any atom is 0.171 e. The Morgan fingerprint density at radius 3 is 2.86 bits per heavy atom. The summed E-state index contributed by atoms with van der Waals surface area (Å²) in [5.74, 6) is 2.41. The van der Waals surface area contributed by atoms with E-state index in [0.717, 1.165) is 18.4 Å². The van der Waals surface area contributed by atoms with Crippen LogP contribution in [0.3, 0.4) is 0 Å². The zero-order chi connectivity index (χ0) is 9.97. The normalized spacial score (nSPS) is 24.7. The van der Waals surface area contributed by atoms with E-state index >= 15 is 0 Å². The highest BCUT2D eigenvalue weighted by atomic mass is 35.5. The lowest BCUT2D eigenvalue weighted by molar-refractivity contribution is 0.700. The topological polar surface area (TPSA) is 37.8 Å². The first-order valence-electron chi connectivity index (χ1n) is 5.01. The number of nitrogens with one attached hydrogen (secondary N) is 1. The molecule has 1 fully saturated rings. The van der Waals surface area contributed by atoms with Crippen LogP contribution in [0.4, 0.5) is 5.82 Å². The summed E-state index contributed by atoms with van der Waals surface area (Å²) in [7, 11) is 0. The number of hydrogen-bond acceptors (Lipinski definition) is 3. The van der Waals surface area contributed by atoms with Gasteiger partial charge in [0.2, 0.25) is 0 Å². The molecule has 1 aliphatic rings. The second-order valence-electron chi connectivity index (χ2n) is 3.74. The van der Waals surface area contributed by atoms with Crippen molar-refractivity contribution < 1.29 is 0 Å². The zero-order valence-corrected chi connectivity index (χ0v) is 8.96. The van der Waals surface area contributed by atoms with E-state index in [0.29, 0.717) is 11.0 Å². The summed E-state index contributed by atoms with van der Waals surface area (Å²) in [4.78, 5) is 8.08. The van der Waals surface area contributed by atoms with Crippen molar-refractivity contribution in [2.24, 2.45) is 11.8 Å². The van der Waals surface area contributed by atoms with Gasteiger partial charge in [-0.1, -0.05) is 24.9 Å². The molecule has 2 atom stereocenters. The molecular weight excluding hydrogens is 198 g/mol. The van der Waals surface area contributed by atoms with Crippen LogP contribution in [0.1, 0.15) is 19.8 Å². The summed E-state index contributed by atoms with van der Waals surface area (Å²) >= 11 is 5.86. The molecule has 76 valence electrons. The van der Waals surface area contributed by atoms with Crippen LogP contribution < -0.4 is 5.32 Å². The Hall–Kier alpha value is -0.830. The largest absolute Gasteiger partial charge is 0.367 e. The molecule has 0 radical (unpaired) electrons. The number of hydrogen-bond donors (Lipinski definition) is 1. The summed E-state index contributed by atoms with van der Waals surface area (Å²) in [5.41, 5.74) is 0. The summed E-state index contributed by atoms with van der Waals surface area (Å²) in [6, 6.07) is 0. The summed E-state index contributed by atoms with van der Waals surface area (Å²) in [6.07, 6.45) is 5.86. The van der Waals surface area contributed by atoms with E-state index in [4.69, 9.17) is 11.6 Å². The zero-order valence-electron chi connectivity index (χ0n) is 8.20. The molecule has 1 N–H and O–H groups in total. The van der Waals surface area contributed by atoms with Crippen molar-refractivity contribution >= 4 is 17.4 Å². The van der Waals surface area contributed by atoms with E-state index in [1.165, 1.54) is 12.8 Å². The van der Waals surface area contributed by atoms with Gasteiger partial charge in [0, 0.05) is 18.9 Å². The molecule has 0 amide bonds. The molecular formula is C10H14ClN3. The number of aromatic nitrogens is 2. The monoisotopic (exact) mass is 211 g/mol. The van der Waals surface area contributed by atoms with Crippen LogP contribution in [0.5, 0.6) is 0 Å². The van der Waals surface area contributed by atoms with Crippen molar-refractivity contribution in [3.63, 3.8) is 0 Å². The standard InChI is InChI=1S/C10H14ClN3/c1-2-7-5-8(7)6-14-10-9(11)12-3-4-13-10/h3-4,7-8H,2,5-6H2,1H3,(H,13,14)/t7-,8+/m1/s1. The van der Waals surface area contributed by atoms with Crippen LogP contribution in [-0.2, 0) is 0 Å². The molecule has 14 heavy (non-hydrogen) atoms. The van der Waals surface area contributed by atoms with Crippen LogP contribution in [-0.4, -0.2) is 16.5 Å². The average Bonchev–Trinajstić information content (AvgIpc) is 2.95. The van der Waals surface area contributed by atoms with Gasteiger partial charge in [0.05, 0.1) is 0 Å². The fourth-order valence-electron chi connectivity index (χ4n) is 1.73. The van der Waals surface area contributed by atoms with E-state index in [-0.39, 0.29) is 0 Å². The lowest BCUT2D eigenvalue weighted by atomic mass is 10.2. The van der Waals surface area contributed by atoms with Crippen molar-refractivity contribution in [1.29, 1.82) is 0 Å². The molecule has 1 aromatic heterocycles. The fourth-order valence-corrected chi connectivity index (χ4v) is 1.90. The molecule has 0 spiro atoms. The highest BCUT2D eigenvalue weighted by molar-refractivity contribution is 6.31. The Kier molecular flexibility index (Phi) is 2.87. The van der Waals surface area contributed by atoms with Crippen molar-refractivity contribution in [2.45, 2.75) is 19.8 Å². The van der Waals surface area contributed by atoms with Gasteiger partial charge < -0.3 is 5.32 Å². The smallest absolute Gasteiger partial charge is 0.171 e. The fraction of sp³-hybridized carbons (Fsp3) is 0.600. The summed E-state index contributed by atoms with van der Waals surface area (Å²) < 4.78 is 0. The Morgan fingerprint density at radius 2 is 2.21 bits per heavy atom. The van der Waals surface area contributed by atoms with Gasteiger partial charge in [-0.2, -0.15) is 0 Å². The summed E-state index contributed by atoms with van der Waals surface area (Å²) in [5, 5.41) is 3.69. The van der Waals surface area contributed by atoms with Gasteiger partial charge in [0.15, 0.2) is 11.0 Å². The molecule has 0 aromatic carbocycles. The molecule has 1 aromatic rings. The van der Waals surface area contributed by atoms with Crippen molar-refractivity contribution in [3.8, 4) is 0 Å². The second-order valence-corrected chi connectivity index (χ2v) is 4.10. The van der Waals surface area contributed by atoms with Crippen LogP contribution in [0.15, 0.2) is 12.4 Å². The molecule has 1 aliphatic carbocycles. The lowest BCUT2D eigenvalue weighted by Gasteiger charge is -2.04. The van der Waals surface area contributed by atoms with Gasteiger partial charge in [-0.25, -0.2) is 9.97 Å². The predicted molar refractivity (Wildman–Crippen MR) is 57.4 cm³/mol. The van der Waals surface area contributed by atoms with E-state index < -0.39 is 0 Å². The van der Waals surface area contributed by atoms with Crippen molar-refractivity contribution in [1.82, 2.24) is 9.97 Å². The highest BCUT2D eigenvalue weighted by Crippen LogP contribution is 2.40. The highest BCUT2D eigenvalue weighted by Gasteiger charge is 2.34. The minimum atomic E-state index is 0.459. The third-order valence-corrected chi connectivity index (χ3v) is 3.06. The Labute approximate surface area is 88.9 Å². The van der Waals surface area contributed by atoms with E-state index in [2.05, 4.69) is 22.2 Å². The number of nitrogens with zero attached hydrogens (tertiary/aromatic N) is 2. The first-order valence-corrected chi connectivity index (χ1v) is 5.39. The van der Waals surface area contributed by atoms with Gasteiger partial charge in [0.1, 0.15) is 0 Å². The quantitative estimate of drug-likeness (QED) is 0.832. The molecule has 3 nitrogen and oxygen atoms in total. The third kappa shape index (κ3) is 2.15. The maximum atomic E-state index is 5.86. The Bertz CT molecular complexity index is 316. The molecule has 1 heterocycles. The van der Waals surface area contributed by atoms with Crippen LogP contribution in [0.25, 0.3) is 0 Å². The number of rotatable bonds is 4. The van der Waals surface area contributed by atoms with Crippen LogP contribution >= 0.6 is 11.6 Å². The Morgan fingerprint density at radius 1 is 1.43 bits per heavy atom. The maximum absolute atomic E-state index is 5.86. The minimum Gasteiger partial charge on any atom is -0.367 e. The van der Waals surface area contributed by atoms with E-state index in [9.17, 15) is 0 Å². The van der Waals surface area contributed by atoms with Gasteiger partial charge in [-0.05, 0) is 18.3 Å². The molecule has 1 saturated carbocycles. The third-order valence-electron chi connectivity index (χ3n) is 2.78. The van der Waals surface area contributed by atoms with Gasteiger partial charge in [-0.15, -0.1) is 0 Å². The van der Waals surface area contributed by atoms with Gasteiger partial charge in [-0.3, -0.25) is 0 Å². The van der Waals surface area contributed by atoms with Crippen LogP contribution in [0.2, 0.25) is 5.15 Å². The molecule has 0 saturated heterocycles. The second kappa shape index (κ2) is 4.13. The molecule has 2 rings (SSSR count). The van der Waals surface area contributed by atoms with Crippen molar-refractivity contribution in [3.05, 3.63) is 17.5 Å². The lowest BCUT2D eigenvalue weighted by Crippen LogP contribution is -2.07. The molecule has 0 bridgehead atoms. The predicted octanol–water partition coefficient (Wildman–Crippen LogP) is 2.59. The van der Waals surface area contributed by atoms with E-state index in [1.54, 1.807) is 12.4 Å². The SMILES string of the molecule is CC[C@@H]1C[C@H]1CNc1nccnc1Cl. The molecule has 0 aliphatic heterocycles.